The van der Waals surface area contributed by atoms with E-state index >= 15 is 0 Å². The number of pyridine rings is 1. The molecule has 22 heavy (non-hydrogen) atoms. The molecule has 0 saturated heterocycles. The van der Waals surface area contributed by atoms with Crippen LogP contribution in [0.5, 0.6) is 0 Å². The largest absolute Gasteiger partial charge is 0.311 e. The fourth-order valence-electron chi connectivity index (χ4n) is 2.84. The van der Waals surface area contributed by atoms with E-state index < -0.39 is 0 Å². The maximum absolute atomic E-state index is 4.73. The molecule has 0 aromatic carbocycles. The molecule has 0 atom stereocenters. The molecule has 6 nitrogen and oxygen atoms in total. The van der Waals surface area contributed by atoms with Gasteiger partial charge in [-0.1, -0.05) is 0 Å². The SMILES string of the molecule is Cc1cncc(-n2ccnc2-c2cc3n(n2)CCCNC3)c1. The summed E-state index contributed by atoms with van der Waals surface area (Å²) < 4.78 is 4.12. The highest BCUT2D eigenvalue weighted by Gasteiger charge is 2.16. The van der Waals surface area contributed by atoms with Gasteiger partial charge in [0.1, 0.15) is 5.69 Å². The normalized spacial score (nSPS) is 14.6. The second kappa shape index (κ2) is 5.38. The Kier molecular flexibility index (Phi) is 3.23. The van der Waals surface area contributed by atoms with E-state index in [1.807, 2.05) is 30.1 Å². The smallest absolute Gasteiger partial charge is 0.165 e. The van der Waals surface area contributed by atoms with Crippen LogP contribution in [0.25, 0.3) is 17.2 Å². The summed E-state index contributed by atoms with van der Waals surface area (Å²) in [5.74, 6) is 0.855. The second-order valence-electron chi connectivity index (χ2n) is 5.62. The van der Waals surface area contributed by atoms with E-state index in [9.17, 15) is 0 Å². The molecule has 1 aliphatic heterocycles. The fraction of sp³-hybridized carbons (Fsp3) is 0.312. The predicted molar refractivity (Wildman–Crippen MR) is 83.6 cm³/mol. The van der Waals surface area contributed by atoms with Gasteiger partial charge in [0, 0.05) is 31.7 Å². The van der Waals surface area contributed by atoms with Crippen molar-refractivity contribution >= 4 is 0 Å². The highest BCUT2D eigenvalue weighted by atomic mass is 15.3. The minimum absolute atomic E-state index is 0.855. The van der Waals surface area contributed by atoms with Crippen molar-refractivity contribution in [2.24, 2.45) is 0 Å². The van der Waals surface area contributed by atoms with E-state index in [1.165, 1.54) is 5.69 Å². The molecular weight excluding hydrogens is 276 g/mol. The number of fused-ring (bicyclic) bond motifs is 1. The van der Waals surface area contributed by atoms with Crippen molar-refractivity contribution in [1.29, 1.82) is 0 Å². The first-order valence-electron chi connectivity index (χ1n) is 7.54. The van der Waals surface area contributed by atoms with Gasteiger partial charge in [-0.2, -0.15) is 5.10 Å². The summed E-state index contributed by atoms with van der Waals surface area (Å²) in [4.78, 5) is 8.77. The van der Waals surface area contributed by atoms with Crippen LogP contribution < -0.4 is 5.32 Å². The number of rotatable bonds is 2. The zero-order valence-electron chi connectivity index (χ0n) is 12.5. The Labute approximate surface area is 128 Å². The van der Waals surface area contributed by atoms with Crippen LogP contribution in [0, 0.1) is 6.92 Å². The van der Waals surface area contributed by atoms with Crippen LogP contribution >= 0.6 is 0 Å². The Morgan fingerprint density at radius 1 is 1.23 bits per heavy atom. The molecule has 112 valence electrons. The summed E-state index contributed by atoms with van der Waals surface area (Å²) in [5.41, 5.74) is 4.26. The third-order valence-corrected chi connectivity index (χ3v) is 3.90. The van der Waals surface area contributed by atoms with Gasteiger partial charge in [0.15, 0.2) is 5.82 Å². The minimum atomic E-state index is 0.855. The molecule has 3 aromatic heterocycles. The third kappa shape index (κ3) is 2.31. The van der Waals surface area contributed by atoms with Crippen molar-refractivity contribution in [3.63, 3.8) is 0 Å². The molecule has 0 unspecified atom stereocenters. The van der Waals surface area contributed by atoms with Gasteiger partial charge < -0.3 is 5.32 Å². The van der Waals surface area contributed by atoms with E-state index in [4.69, 9.17) is 5.10 Å². The van der Waals surface area contributed by atoms with Crippen LogP contribution in [0.2, 0.25) is 0 Å². The van der Waals surface area contributed by atoms with Crippen LogP contribution in [0.1, 0.15) is 17.7 Å². The molecule has 4 rings (SSSR count). The van der Waals surface area contributed by atoms with Crippen molar-refractivity contribution in [2.75, 3.05) is 6.54 Å². The number of nitrogens with zero attached hydrogens (tertiary/aromatic N) is 5. The second-order valence-corrected chi connectivity index (χ2v) is 5.62. The fourth-order valence-corrected chi connectivity index (χ4v) is 2.84. The molecule has 0 aliphatic carbocycles. The molecule has 6 heteroatoms. The number of aryl methyl sites for hydroxylation is 2. The van der Waals surface area contributed by atoms with E-state index in [2.05, 4.69) is 32.1 Å². The molecule has 1 aliphatic rings. The Balaban J connectivity index is 1.77. The van der Waals surface area contributed by atoms with Crippen molar-refractivity contribution in [1.82, 2.24) is 29.6 Å². The lowest BCUT2D eigenvalue weighted by atomic mass is 10.3. The number of hydrogen-bond donors (Lipinski definition) is 1. The zero-order valence-corrected chi connectivity index (χ0v) is 12.5. The quantitative estimate of drug-likeness (QED) is 0.784. The summed E-state index contributed by atoms with van der Waals surface area (Å²) in [7, 11) is 0. The first-order chi connectivity index (χ1) is 10.8. The highest BCUT2D eigenvalue weighted by molar-refractivity contribution is 5.54. The molecule has 0 spiro atoms. The van der Waals surface area contributed by atoms with Gasteiger partial charge in [-0.15, -0.1) is 0 Å². The topological polar surface area (TPSA) is 60.6 Å². The number of nitrogens with one attached hydrogen (secondary N) is 1. The van der Waals surface area contributed by atoms with E-state index in [-0.39, 0.29) is 0 Å². The van der Waals surface area contributed by atoms with Crippen LogP contribution in [-0.4, -0.2) is 30.9 Å². The summed E-state index contributed by atoms with van der Waals surface area (Å²) >= 11 is 0. The van der Waals surface area contributed by atoms with Gasteiger partial charge >= 0.3 is 0 Å². The molecule has 0 fully saturated rings. The van der Waals surface area contributed by atoms with Gasteiger partial charge in [-0.25, -0.2) is 4.98 Å². The maximum Gasteiger partial charge on any atom is 0.165 e. The summed E-state index contributed by atoms with van der Waals surface area (Å²) in [6.07, 6.45) is 8.56. The van der Waals surface area contributed by atoms with Crippen LogP contribution in [0.4, 0.5) is 0 Å². The van der Waals surface area contributed by atoms with E-state index in [0.29, 0.717) is 0 Å². The van der Waals surface area contributed by atoms with Gasteiger partial charge in [-0.05, 0) is 37.6 Å². The lowest BCUT2D eigenvalue weighted by molar-refractivity contribution is 0.588. The molecule has 0 amide bonds. The molecule has 0 saturated carbocycles. The van der Waals surface area contributed by atoms with Crippen molar-refractivity contribution in [2.45, 2.75) is 26.4 Å². The van der Waals surface area contributed by atoms with Crippen LogP contribution in [0.3, 0.4) is 0 Å². The van der Waals surface area contributed by atoms with Crippen molar-refractivity contribution in [3.8, 4) is 17.2 Å². The monoisotopic (exact) mass is 294 g/mol. The van der Waals surface area contributed by atoms with Gasteiger partial charge in [0.05, 0.1) is 17.6 Å². The number of imidazole rings is 1. The van der Waals surface area contributed by atoms with Crippen LogP contribution in [-0.2, 0) is 13.1 Å². The van der Waals surface area contributed by atoms with Gasteiger partial charge in [0.2, 0.25) is 0 Å². The Morgan fingerprint density at radius 2 is 2.18 bits per heavy atom. The van der Waals surface area contributed by atoms with Crippen LogP contribution in [0.15, 0.2) is 36.9 Å². The average molecular weight is 294 g/mol. The first kappa shape index (κ1) is 13.2. The van der Waals surface area contributed by atoms with Crippen molar-refractivity contribution < 1.29 is 0 Å². The molecular formula is C16H18N6. The molecule has 3 aromatic rings. The van der Waals surface area contributed by atoms with Gasteiger partial charge in [-0.3, -0.25) is 14.2 Å². The molecule has 0 radical (unpaired) electrons. The third-order valence-electron chi connectivity index (χ3n) is 3.90. The lowest BCUT2D eigenvalue weighted by Gasteiger charge is -2.06. The zero-order chi connectivity index (χ0) is 14.9. The molecule has 0 bridgehead atoms. The highest BCUT2D eigenvalue weighted by Crippen LogP contribution is 2.22. The van der Waals surface area contributed by atoms with Crippen molar-refractivity contribution in [3.05, 3.63) is 48.2 Å². The summed E-state index contributed by atoms with van der Waals surface area (Å²) in [6.45, 7) is 4.90. The molecule has 4 heterocycles. The predicted octanol–water partition coefficient (Wildman–Crippen LogP) is 1.93. The average Bonchev–Trinajstić information content (AvgIpc) is 3.10. The summed E-state index contributed by atoms with van der Waals surface area (Å²) in [6, 6.07) is 4.22. The van der Waals surface area contributed by atoms with E-state index in [0.717, 1.165) is 48.8 Å². The number of hydrogen-bond acceptors (Lipinski definition) is 4. The van der Waals surface area contributed by atoms with Gasteiger partial charge in [0.25, 0.3) is 0 Å². The minimum Gasteiger partial charge on any atom is -0.311 e. The molecule has 1 N–H and O–H groups in total. The Bertz CT molecular complexity index is 777. The Hall–Kier alpha value is -2.47. The number of aromatic nitrogens is 5. The summed E-state index contributed by atoms with van der Waals surface area (Å²) in [5, 5.41) is 8.15. The maximum atomic E-state index is 4.73. The lowest BCUT2D eigenvalue weighted by Crippen LogP contribution is -2.11. The standard InChI is InChI=1S/C16H18N6/c1-12-7-13(10-18-9-12)21-6-4-19-16(21)15-8-14-11-17-3-2-5-22(14)20-15/h4,6-10,17H,2-3,5,11H2,1H3. The Morgan fingerprint density at radius 3 is 3.09 bits per heavy atom. The first-order valence-corrected chi connectivity index (χ1v) is 7.54. The van der Waals surface area contributed by atoms with E-state index in [1.54, 1.807) is 6.20 Å².